The fraction of sp³-hybridized carbons (Fsp3) is 0.438. The van der Waals surface area contributed by atoms with Crippen LogP contribution in [-0.2, 0) is 15.1 Å². The van der Waals surface area contributed by atoms with Gasteiger partial charge in [0.2, 0.25) is 5.91 Å². The lowest BCUT2D eigenvalue weighted by Gasteiger charge is -2.28. The molecule has 0 bridgehead atoms. The zero-order valence-corrected chi connectivity index (χ0v) is 13.4. The van der Waals surface area contributed by atoms with Crippen LogP contribution in [0.3, 0.4) is 0 Å². The molecule has 126 valence electrons. The zero-order valence-electron chi connectivity index (χ0n) is 13.4. The summed E-state index contributed by atoms with van der Waals surface area (Å²) in [6.45, 7) is 5.16. The van der Waals surface area contributed by atoms with E-state index in [-0.39, 0.29) is 17.0 Å². The van der Waals surface area contributed by atoms with Crippen LogP contribution in [0.5, 0.6) is 0 Å². The van der Waals surface area contributed by atoms with Gasteiger partial charge in [0.25, 0.3) is 0 Å². The highest BCUT2D eigenvalue weighted by atomic mass is 16.4. The molecule has 0 fully saturated rings. The average Bonchev–Trinajstić information content (AvgIpc) is 2.46. The number of nitrogens with one attached hydrogen (secondary N) is 1. The maximum absolute atomic E-state index is 12.2. The van der Waals surface area contributed by atoms with Crippen molar-refractivity contribution in [2.75, 3.05) is 0 Å². The predicted molar refractivity (Wildman–Crippen MR) is 84.0 cm³/mol. The first kappa shape index (κ1) is 18.6. The summed E-state index contributed by atoms with van der Waals surface area (Å²) in [6, 6.07) is 4.50. The third-order valence-corrected chi connectivity index (χ3v) is 3.57. The Hall–Kier alpha value is -2.41. The van der Waals surface area contributed by atoms with E-state index in [1.165, 1.54) is 31.2 Å². The van der Waals surface area contributed by atoms with E-state index in [1.807, 2.05) is 13.8 Å². The molecule has 0 saturated carbocycles. The zero-order chi connectivity index (χ0) is 17.8. The quantitative estimate of drug-likeness (QED) is 0.596. The first-order valence-corrected chi connectivity index (χ1v) is 7.22. The molecule has 23 heavy (non-hydrogen) atoms. The molecule has 7 nitrogen and oxygen atoms in total. The minimum absolute atomic E-state index is 0.0318. The number of hydrogen-bond acceptors (Lipinski definition) is 4. The van der Waals surface area contributed by atoms with E-state index < -0.39 is 29.4 Å². The van der Waals surface area contributed by atoms with Crippen molar-refractivity contribution in [3.63, 3.8) is 0 Å². The predicted octanol–water partition coefficient (Wildman–Crippen LogP) is 1.17. The summed E-state index contributed by atoms with van der Waals surface area (Å²) in [5.74, 6) is -2.74. The van der Waals surface area contributed by atoms with Gasteiger partial charge in [-0.25, -0.2) is 9.59 Å². The molecule has 1 aromatic rings. The molecule has 1 aromatic carbocycles. The van der Waals surface area contributed by atoms with Gasteiger partial charge in [0.05, 0.1) is 11.6 Å². The number of hydrogen-bond donors (Lipinski definition) is 4. The van der Waals surface area contributed by atoms with Crippen LogP contribution in [0.4, 0.5) is 0 Å². The van der Waals surface area contributed by atoms with E-state index in [4.69, 9.17) is 10.8 Å². The van der Waals surface area contributed by atoms with Gasteiger partial charge in [0.1, 0.15) is 0 Å². The lowest BCUT2D eigenvalue weighted by molar-refractivity contribution is -0.147. The molecule has 2 atom stereocenters. The smallest absolute Gasteiger partial charge is 0.335 e. The van der Waals surface area contributed by atoms with Crippen molar-refractivity contribution in [1.29, 1.82) is 0 Å². The second-order valence-electron chi connectivity index (χ2n) is 6.04. The number of carbonyl (C=O) groups excluding carboxylic acids is 1. The number of aliphatic carboxylic acids is 1. The molecular formula is C16H22N2O5. The molecule has 1 amide bonds. The summed E-state index contributed by atoms with van der Waals surface area (Å²) in [6.07, 6.45) is 0.430. The molecule has 0 spiro atoms. The van der Waals surface area contributed by atoms with Crippen LogP contribution in [0.1, 0.15) is 43.1 Å². The second kappa shape index (κ2) is 7.23. The maximum atomic E-state index is 12.2. The van der Waals surface area contributed by atoms with Gasteiger partial charge < -0.3 is 21.3 Å². The lowest BCUT2D eigenvalue weighted by Crippen LogP contribution is -2.54. The number of aromatic carboxylic acids is 1. The topological polar surface area (TPSA) is 130 Å². The van der Waals surface area contributed by atoms with Crippen LogP contribution in [0.2, 0.25) is 0 Å². The standard InChI is InChI=1S/C16H22N2O5/c1-9(2)8-12(17)13(19)18-16(3,15(22)23)11-6-4-10(5-7-11)14(20)21/h4-7,9,12H,8,17H2,1-3H3,(H,18,19)(H,20,21)(H,22,23)/t12-,16-/m0/s1. The van der Waals surface area contributed by atoms with E-state index in [9.17, 15) is 19.5 Å². The summed E-state index contributed by atoms with van der Waals surface area (Å²) in [5, 5.41) is 20.8. The summed E-state index contributed by atoms with van der Waals surface area (Å²) < 4.78 is 0. The summed E-state index contributed by atoms with van der Waals surface area (Å²) in [5.41, 5.74) is 4.39. The Bertz CT molecular complexity index is 597. The SMILES string of the molecule is CC(C)C[C@H](N)C(=O)N[C@](C)(C(=O)O)c1ccc(C(=O)O)cc1. The second-order valence-corrected chi connectivity index (χ2v) is 6.04. The molecule has 0 radical (unpaired) electrons. The van der Waals surface area contributed by atoms with Crippen molar-refractivity contribution >= 4 is 17.8 Å². The number of carboxylic acid groups (broad SMARTS) is 2. The van der Waals surface area contributed by atoms with Gasteiger partial charge in [-0.05, 0) is 37.0 Å². The Morgan fingerprint density at radius 2 is 1.70 bits per heavy atom. The van der Waals surface area contributed by atoms with Crippen LogP contribution < -0.4 is 11.1 Å². The van der Waals surface area contributed by atoms with Crippen molar-refractivity contribution in [1.82, 2.24) is 5.32 Å². The van der Waals surface area contributed by atoms with Crippen molar-refractivity contribution in [2.24, 2.45) is 11.7 Å². The van der Waals surface area contributed by atoms with Crippen LogP contribution in [0.15, 0.2) is 24.3 Å². The minimum Gasteiger partial charge on any atom is -0.479 e. The molecule has 5 N–H and O–H groups in total. The fourth-order valence-corrected chi connectivity index (χ4v) is 2.15. The van der Waals surface area contributed by atoms with Crippen LogP contribution in [0.25, 0.3) is 0 Å². The first-order valence-electron chi connectivity index (χ1n) is 7.22. The van der Waals surface area contributed by atoms with Crippen LogP contribution >= 0.6 is 0 Å². The van der Waals surface area contributed by atoms with Gasteiger partial charge in [-0.15, -0.1) is 0 Å². The Kier molecular flexibility index (Phi) is 5.86. The lowest BCUT2D eigenvalue weighted by atomic mass is 9.90. The van der Waals surface area contributed by atoms with Gasteiger partial charge >= 0.3 is 11.9 Å². The number of benzene rings is 1. The van der Waals surface area contributed by atoms with Crippen LogP contribution in [0, 0.1) is 5.92 Å². The van der Waals surface area contributed by atoms with Gasteiger partial charge in [-0.3, -0.25) is 4.79 Å². The van der Waals surface area contributed by atoms with E-state index >= 15 is 0 Å². The minimum atomic E-state index is -1.69. The van der Waals surface area contributed by atoms with Crippen molar-refractivity contribution < 1.29 is 24.6 Å². The van der Waals surface area contributed by atoms with Gasteiger partial charge in [0.15, 0.2) is 5.54 Å². The van der Waals surface area contributed by atoms with Crippen molar-refractivity contribution in [3.8, 4) is 0 Å². The third-order valence-electron chi connectivity index (χ3n) is 3.57. The molecule has 7 heteroatoms. The highest BCUT2D eigenvalue weighted by Gasteiger charge is 2.38. The third kappa shape index (κ3) is 4.53. The Morgan fingerprint density at radius 3 is 2.09 bits per heavy atom. The summed E-state index contributed by atoms with van der Waals surface area (Å²) >= 11 is 0. The average molecular weight is 322 g/mol. The van der Waals surface area contributed by atoms with Gasteiger partial charge in [-0.2, -0.15) is 0 Å². The molecule has 0 aliphatic rings. The monoisotopic (exact) mass is 322 g/mol. The van der Waals surface area contributed by atoms with E-state index in [1.54, 1.807) is 0 Å². The number of amides is 1. The molecular weight excluding hydrogens is 300 g/mol. The van der Waals surface area contributed by atoms with E-state index in [2.05, 4.69) is 5.32 Å². The summed E-state index contributed by atoms with van der Waals surface area (Å²) in [7, 11) is 0. The van der Waals surface area contributed by atoms with Crippen LogP contribution in [-0.4, -0.2) is 34.1 Å². The normalized spacial score (nSPS) is 14.8. The molecule has 0 heterocycles. The van der Waals surface area contributed by atoms with Gasteiger partial charge in [0, 0.05) is 0 Å². The Labute approximate surface area is 134 Å². The Morgan fingerprint density at radius 1 is 1.17 bits per heavy atom. The largest absolute Gasteiger partial charge is 0.479 e. The number of carbonyl (C=O) groups is 3. The fourth-order valence-electron chi connectivity index (χ4n) is 2.15. The number of rotatable bonds is 7. The van der Waals surface area contributed by atoms with Gasteiger partial charge in [-0.1, -0.05) is 26.0 Å². The first-order chi connectivity index (χ1) is 10.6. The number of carboxylic acids is 2. The highest BCUT2D eigenvalue weighted by molar-refractivity contribution is 5.91. The van der Waals surface area contributed by atoms with E-state index in [0.29, 0.717) is 6.42 Å². The highest BCUT2D eigenvalue weighted by Crippen LogP contribution is 2.22. The molecule has 0 saturated heterocycles. The van der Waals surface area contributed by atoms with E-state index in [0.717, 1.165) is 0 Å². The Balaban J connectivity index is 3.05. The van der Waals surface area contributed by atoms with Crippen molar-refractivity contribution in [2.45, 2.75) is 38.8 Å². The molecule has 0 unspecified atom stereocenters. The maximum Gasteiger partial charge on any atom is 0.335 e. The molecule has 0 aliphatic heterocycles. The number of nitrogens with two attached hydrogens (primary N) is 1. The summed E-state index contributed by atoms with van der Waals surface area (Å²) in [4.78, 5) is 34.7. The molecule has 0 aliphatic carbocycles. The van der Waals surface area contributed by atoms with Crippen molar-refractivity contribution in [3.05, 3.63) is 35.4 Å². The molecule has 0 aromatic heterocycles. The molecule has 1 rings (SSSR count).